The number of nitrogens with two attached hydrogens (primary N) is 1. The summed E-state index contributed by atoms with van der Waals surface area (Å²) in [6.07, 6.45) is 1.72. The lowest BCUT2D eigenvalue weighted by molar-refractivity contribution is -0.123. The van der Waals surface area contributed by atoms with Gasteiger partial charge in [0.2, 0.25) is 5.95 Å². The van der Waals surface area contributed by atoms with Gasteiger partial charge in [-0.15, -0.1) is 0 Å². The number of hydrogen-bond donors (Lipinski definition) is 1. The number of fused-ring (bicyclic) bond motifs is 1. The molecule has 1 aliphatic heterocycles. The maximum absolute atomic E-state index is 13.6. The van der Waals surface area contributed by atoms with Crippen LogP contribution in [-0.4, -0.2) is 21.4 Å². The van der Waals surface area contributed by atoms with Gasteiger partial charge in [-0.3, -0.25) is 14.2 Å². The van der Waals surface area contributed by atoms with E-state index in [2.05, 4.69) is 20.9 Å². The van der Waals surface area contributed by atoms with Crippen molar-refractivity contribution in [1.29, 1.82) is 0 Å². The Morgan fingerprint density at radius 1 is 1.17 bits per heavy atom. The van der Waals surface area contributed by atoms with E-state index in [4.69, 9.17) is 28.9 Å². The topological polar surface area (TPSA) is 81.2 Å². The van der Waals surface area contributed by atoms with Gasteiger partial charge in [-0.2, -0.15) is 0 Å². The van der Waals surface area contributed by atoms with Gasteiger partial charge >= 0.3 is 0 Å². The summed E-state index contributed by atoms with van der Waals surface area (Å²) >= 11 is 15.7. The van der Waals surface area contributed by atoms with Crippen molar-refractivity contribution in [2.45, 2.75) is 18.9 Å². The maximum Gasteiger partial charge on any atom is 0.267 e. The third-order valence-corrected chi connectivity index (χ3v) is 5.89. The number of halogens is 3. The van der Waals surface area contributed by atoms with Crippen LogP contribution in [-0.2, 0) is 16.8 Å². The number of benzene rings is 2. The maximum atomic E-state index is 13.6. The SMILES string of the molecule is CC1(Cc2ccc(Br)cc2)C(=O)N(c2cc(Cl)cc(Cl)c2)c2ncc(C(N)=O)n21. The van der Waals surface area contributed by atoms with Gasteiger partial charge in [-0.05, 0) is 42.8 Å². The second kappa shape index (κ2) is 7.16. The Hall–Kier alpha value is -2.35. The highest BCUT2D eigenvalue weighted by Crippen LogP contribution is 2.43. The van der Waals surface area contributed by atoms with Gasteiger partial charge in [-0.1, -0.05) is 51.3 Å². The highest BCUT2D eigenvalue weighted by Gasteiger charge is 2.50. The number of aromatic nitrogens is 2. The van der Waals surface area contributed by atoms with Crippen LogP contribution >= 0.6 is 39.1 Å². The minimum absolute atomic E-state index is 0.156. The number of anilines is 2. The fourth-order valence-corrected chi connectivity index (χ4v) is 4.42. The number of imidazole rings is 1. The first-order valence-corrected chi connectivity index (χ1v) is 10.2. The summed E-state index contributed by atoms with van der Waals surface area (Å²) in [5.74, 6) is -0.629. The molecular weight excluding hydrogens is 479 g/mol. The average molecular weight is 494 g/mol. The van der Waals surface area contributed by atoms with E-state index < -0.39 is 11.4 Å². The molecule has 1 unspecified atom stereocenters. The fraction of sp³-hybridized carbons (Fsp3) is 0.150. The van der Waals surface area contributed by atoms with Gasteiger partial charge in [0.1, 0.15) is 11.2 Å². The molecule has 0 fully saturated rings. The predicted molar refractivity (Wildman–Crippen MR) is 116 cm³/mol. The molecule has 29 heavy (non-hydrogen) atoms. The minimum Gasteiger partial charge on any atom is -0.364 e. The molecule has 0 spiro atoms. The van der Waals surface area contributed by atoms with Gasteiger partial charge in [0.15, 0.2) is 0 Å². The molecule has 1 atom stereocenters. The molecule has 1 aliphatic rings. The van der Waals surface area contributed by atoms with Crippen LogP contribution in [0.2, 0.25) is 10.0 Å². The zero-order chi connectivity index (χ0) is 20.9. The van der Waals surface area contributed by atoms with Gasteiger partial charge in [0, 0.05) is 20.9 Å². The fourth-order valence-electron chi connectivity index (χ4n) is 3.64. The number of nitrogens with zero attached hydrogens (tertiary/aromatic N) is 3. The van der Waals surface area contributed by atoms with Crippen LogP contribution in [0.5, 0.6) is 0 Å². The van der Waals surface area contributed by atoms with Crippen molar-refractivity contribution < 1.29 is 9.59 Å². The van der Waals surface area contributed by atoms with Crippen molar-refractivity contribution in [2.24, 2.45) is 5.73 Å². The summed E-state index contributed by atoms with van der Waals surface area (Å²) < 4.78 is 2.52. The first kappa shape index (κ1) is 19.9. The van der Waals surface area contributed by atoms with E-state index in [0.29, 0.717) is 28.1 Å². The Morgan fingerprint density at radius 3 is 2.38 bits per heavy atom. The van der Waals surface area contributed by atoms with Crippen LogP contribution in [0.1, 0.15) is 23.0 Å². The number of carbonyl (C=O) groups is 2. The third kappa shape index (κ3) is 3.33. The van der Waals surface area contributed by atoms with Crippen LogP contribution in [0.15, 0.2) is 53.1 Å². The average Bonchev–Trinajstić information content (AvgIpc) is 3.16. The largest absolute Gasteiger partial charge is 0.364 e. The Bertz CT molecular complexity index is 1130. The van der Waals surface area contributed by atoms with Gasteiger partial charge < -0.3 is 5.73 Å². The second-order valence-corrected chi connectivity index (χ2v) is 8.78. The van der Waals surface area contributed by atoms with Crippen molar-refractivity contribution >= 4 is 62.6 Å². The third-order valence-electron chi connectivity index (χ3n) is 4.92. The smallest absolute Gasteiger partial charge is 0.267 e. The molecular formula is C20H15BrCl2N4O2. The Kier molecular flexibility index (Phi) is 4.93. The van der Waals surface area contributed by atoms with Gasteiger partial charge in [0.05, 0.1) is 11.9 Å². The standard InChI is InChI=1S/C20H15BrCl2N4O2/c1-20(9-11-2-4-12(21)5-3-11)18(29)26(15-7-13(22)6-14(23)8-15)19-25-10-16(17(24)28)27(19)20/h2-8,10H,9H2,1H3,(H2,24,28). The molecule has 2 N–H and O–H groups in total. The minimum atomic E-state index is -1.11. The molecule has 2 heterocycles. The molecule has 0 radical (unpaired) electrons. The molecule has 0 saturated heterocycles. The van der Waals surface area contributed by atoms with Crippen molar-refractivity contribution in [3.63, 3.8) is 0 Å². The quantitative estimate of drug-likeness (QED) is 0.572. The van der Waals surface area contributed by atoms with Crippen LogP contribution in [0.3, 0.4) is 0 Å². The summed E-state index contributed by atoms with van der Waals surface area (Å²) in [5.41, 5.74) is 6.00. The van der Waals surface area contributed by atoms with Gasteiger partial charge in [0.25, 0.3) is 11.8 Å². The summed E-state index contributed by atoms with van der Waals surface area (Å²) in [6.45, 7) is 1.77. The monoisotopic (exact) mass is 492 g/mol. The van der Waals surface area contributed by atoms with E-state index in [1.165, 1.54) is 11.1 Å². The Morgan fingerprint density at radius 2 is 1.79 bits per heavy atom. The van der Waals surface area contributed by atoms with E-state index in [9.17, 15) is 9.59 Å². The van der Waals surface area contributed by atoms with Crippen LogP contribution in [0.4, 0.5) is 11.6 Å². The molecule has 4 rings (SSSR count). The second-order valence-electron chi connectivity index (χ2n) is 6.99. The zero-order valence-corrected chi connectivity index (χ0v) is 18.3. The van der Waals surface area contributed by atoms with E-state index in [0.717, 1.165) is 10.0 Å². The Balaban J connectivity index is 1.89. The molecule has 0 bridgehead atoms. The molecule has 6 nitrogen and oxygen atoms in total. The summed E-state index contributed by atoms with van der Waals surface area (Å²) in [7, 11) is 0. The number of primary amides is 1. The number of hydrogen-bond acceptors (Lipinski definition) is 3. The molecule has 9 heteroatoms. The van der Waals surface area contributed by atoms with E-state index in [-0.39, 0.29) is 11.6 Å². The van der Waals surface area contributed by atoms with Crippen LogP contribution < -0.4 is 10.6 Å². The van der Waals surface area contributed by atoms with E-state index >= 15 is 0 Å². The van der Waals surface area contributed by atoms with E-state index in [1.54, 1.807) is 29.7 Å². The number of carbonyl (C=O) groups excluding carboxylic acids is 2. The first-order chi connectivity index (χ1) is 13.7. The number of rotatable bonds is 4. The molecule has 3 aromatic rings. The van der Waals surface area contributed by atoms with Crippen molar-refractivity contribution in [1.82, 2.24) is 9.55 Å². The highest BCUT2D eigenvalue weighted by molar-refractivity contribution is 9.10. The summed E-state index contributed by atoms with van der Waals surface area (Å²) in [5, 5.41) is 0.769. The normalized spacial score (nSPS) is 18.2. The molecule has 148 valence electrons. The zero-order valence-electron chi connectivity index (χ0n) is 15.2. The first-order valence-electron chi connectivity index (χ1n) is 8.64. The van der Waals surface area contributed by atoms with Crippen molar-refractivity contribution in [3.05, 3.63) is 74.4 Å². The summed E-state index contributed by atoms with van der Waals surface area (Å²) in [4.78, 5) is 31.4. The van der Waals surface area contributed by atoms with Crippen molar-refractivity contribution in [3.8, 4) is 0 Å². The number of amides is 2. The van der Waals surface area contributed by atoms with Crippen molar-refractivity contribution in [2.75, 3.05) is 4.90 Å². The lowest BCUT2D eigenvalue weighted by atomic mass is 9.91. The van der Waals surface area contributed by atoms with Gasteiger partial charge in [-0.25, -0.2) is 9.88 Å². The molecule has 0 aliphatic carbocycles. The lowest BCUT2D eigenvalue weighted by Gasteiger charge is -2.26. The van der Waals surface area contributed by atoms with E-state index in [1.807, 2.05) is 24.3 Å². The van der Waals surface area contributed by atoms with Crippen LogP contribution in [0.25, 0.3) is 0 Å². The lowest BCUT2D eigenvalue weighted by Crippen LogP contribution is -2.42. The highest BCUT2D eigenvalue weighted by atomic mass is 79.9. The van der Waals surface area contributed by atoms with Crippen LogP contribution in [0, 0.1) is 0 Å². The Labute approximate surface area is 185 Å². The predicted octanol–water partition coefficient (Wildman–Crippen LogP) is 4.69. The molecule has 1 aromatic heterocycles. The molecule has 0 saturated carbocycles. The summed E-state index contributed by atoms with van der Waals surface area (Å²) in [6, 6.07) is 12.5. The molecule has 2 aromatic carbocycles. The molecule has 2 amide bonds.